The number of piperidine rings is 1. The molecular formula is C11H16N4O. The third kappa shape index (κ3) is 1.31. The highest BCUT2D eigenvalue weighted by Crippen LogP contribution is 2.42. The normalized spacial score (nSPS) is 27.4. The SMILES string of the molecule is COc1ncnc(N2CC3CCC2C3)c1N. The molecule has 0 spiro atoms. The lowest BCUT2D eigenvalue weighted by Gasteiger charge is -2.28. The van der Waals surface area contributed by atoms with Gasteiger partial charge in [0.2, 0.25) is 5.88 Å². The third-order valence-electron chi connectivity index (χ3n) is 3.70. The highest BCUT2D eigenvalue weighted by atomic mass is 16.5. The van der Waals surface area contributed by atoms with Crippen LogP contribution >= 0.6 is 0 Å². The molecule has 3 rings (SSSR count). The molecule has 0 radical (unpaired) electrons. The number of hydrogen-bond acceptors (Lipinski definition) is 5. The first kappa shape index (κ1) is 9.69. The standard InChI is InChI=1S/C11H16N4O/c1-16-11-9(12)10(13-6-14-11)15-5-7-2-3-8(15)4-7/h6-8H,2-5,12H2,1H3. The van der Waals surface area contributed by atoms with Crippen LogP contribution in [0.4, 0.5) is 11.5 Å². The van der Waals surface area contributed by atoms with E-state index < -0.39 is 0 Å². The molecule has 1 saturated carbocycles. The van der Waals surface area contributed by atoms with Crippen molar-refractivity contribution in [3.05, 3.63) is 6.33 Å². The highest BCUT2D eigenvalue weighted by Gasteiger charge is 2.39. The zero-order valence-corrected chi connectivity index (χ0v) is 9.39. The van der Waals surface area contributed by atoms with Crippen molar-refractivity contribution >= 4 is 11.5 Å². The van der Waals surface area contributed by atoms with Crippen LogP contribution in [-0.2, 0) is 0 Å². The van der Waals surface area contributed by atoms with Gasteiger partial charge in [0.15, 0.2) is 5.82 Å². The van der Waals surface area contributed by atoms with Gasteiger partial charge in [0.05, 0.1) is 7.11 Å². The van der Waals surface area contributed by atoms with E-state index in [0.29, 0.717) is 17.6 Å². The van der Waals surface area contributed by atoms with Gasteiger partial charge in [0.1, 0.15) is 12.0 Å². The average Bonchev–Trinajstić information content (AvgIpc) is 2.91. The van der Waals surface area contributed by atoms with Crippen molar-refractivity contribution in [1.29, 1.82) is 0 Å². The predicted molar refractivity (Wildman–Crippen MR) is 61.5 cm³/mol. The zero-order valence-electron chi connectivity index (χ0n) is 9.39. The van der Waals surface area contributed by atoms with Gasteiger partial charge in [-0.2, -0.15) is 4.98 Å². The lowest BCUT2D eigenvalue weighted by Crippen LogP contribution is -2.33. The van der Waals surface area contributed by atoms with Crippen LogP contribution in [0.15, 0.2) is 6.33 Å². The number of aromatic nitrogens is 2. The average molecular weight is 220 g/mol. The van der Waals surface area contributed by atoms with Gasteiger partial charge < -0.3 is 15.4 Å². The van der Waals surface area contributed by atoms with Crippen molar-refractivity contribution in [1.82, 2.24) is 9.97 Å². The molecule has 1 aromatic heterocycles. The molecule has 2 atom stereocenters. The Hall–Kier alpha value is -1.52. The van der Waals surface area contributed by atoms with Crippen molar-refractivity contribution in [3.63, 3.8) is 0 Å². The van der Waals surface area contributed by atoms with Crippen LogP contribution in [0.1, 0.15) is 19.3 Å². The first-order valence-corrected chi connectivity index (χ1v) is 5.70. The summed E-state index contributed by atoms with van der Waals surface area (Å²) in [5.41, 5.74) is 6.58. The van der Waals surface area contributed by atoms with Crippen LogP contribution in [0.2, 0.25) is 0 Å². The van der Waals surface area contributed by atoms with Crippen molar-refractivity contribution in [2.45, 2.75) is 25.3 Å². The Morgan fingerprint density at radius 3 is 2.94 bits per heavy atom. The molecule has 2 aliphatic rings. The molecule has 16 heavy (non-hydrogen) atoms. The summed E-state index contributed by atoms with van der Waals surface area (Å²) in [4.78, 5) is 10.6. The lowest BCUT2D eigenvalue weighted by atomic mass is 10.1. The van der Waals surface area contributed by atoms with Gasteiger partial charge in [-0.15, -0.1) is 0 Å². The van der Waals surface area contributed by atoms with E-state index in [9.17, 15) is 0 Å². The van der Waals surface area contributed by atoms with Gasteiger partial charge in [0, 0.05) is 12.6 Å². The van der Waals surface area contributed by atoms with Crippen molar-refractivity contribution in [3.8, 4) is 5.88 Å². The molecule has 5 nitrogen and oxygen atoms in total. The van der Waals surface area contributed by atoms with Crippen LogP contribution in [0.25, 0.3) is 0 Å². The Morgan fingerprint density at radius 1 is 1.44 bits per heavy atom. The molecule has 2 bridgehead atoms. The molecule has 0 aromatic carbocycles. The Morgan fingerprint density at radius 2 is 2.31 bits per heavy atom. The number of nitrogens with zero attached hydrogens (tertiary/aromatic N) is 3. The van der Waals surface area contributed by atoms with Gasteiger partial charge >= 0.3 is 0 Å². The van der Waals surface area contributed by atoms with Crippen LogP contribution < -0.4 is 15.4 Å². The highest BCUT2D eigenvalue weighted by molar-refractivity contribution is 5.68. The van der Waals surface area contributed by atoms with Gasteiger partial charge in [-0.3, -0.25) is 0 Å². The maximum Gasteiger partial charge on any atom is 0.242 e. The number of anilines is 2. The minimum absolute atomic E-state index is 0.479. The second kappa shape index (κ2) is 3.50. The van der Waals surface area contributed by atoms with E-state index in [-0.39, 0.29) is 0 Å². The minimum Gasteiger partial charge on any atom is -0.479 e. The zero-order chi connectivity index (χ0) is 11.1. The number of nitrogens with two attached hydrogens (primary N) is 1. The molecule has 1 saturated heterocycles. The molecule has 1 aliphatic heterocycles. The van der Waals surface area contributed by atoms with E-state index in [1.165, 1.54) is 25.6 Å². The fourth-order valence-electron chi connectivity index (χ4n) is 2.95. The van der Waals surface area contributed by atoms with Crippen LogP contribution in [0.3, 0.4) is 0 Å². The van der Waals surface area contributed by atoms with Crippen molar-refractivity contribution < 1.29 is 4.74 Å². The number of hydrogen-bond donors (Lipinski definition) is 1. The monoisotopic (exact) mass is 220 g/mol. The molecule has 5 heteroatoms. The molecule has 2 unspecified atom stereocenters. The molecule has 2 fully saturated rings. The summed E-state index contributed by atoms with van der Waals surface area (Å²) in [6.45, 7) is 1.08. The number of methoxy groups -OCH3 is 1. The lowest BCUT2D eigenvalue weighted by molar-refractivity contribution is 0.399. The Labute approximate surface area is 94.6 Å². The van der Waals surface area contributed by atoms with Crippen LogP contribution in [0.5, 0.6) is 5.88 Å². The largest absolute Gasteiger partial charge is 0.479 e. The Kier molecular flexibility index (Phi) is 2.12. The predicted octanol–water partition coefficient (Wildman–Crippen LogP) is 1.06. The second-order valence-corrected chi connectivity index (χ2v) is 4.61. The van der Waals surface area contributed by atoms with Crippen molar-refractivity contribution in [2.75, 3.05) is 24.3 Å². The van der Waals surface area contributed by atoms with Gasteiger partial charge in [-0.25, -0.2) is 4.98 Å². The number of fused-ring (bicyclic) bond motifs is 2. The second-order valence-electron chi connectivity index (χ2n) is 4.61. The van der Waals surface area contributed by atoms with E-state index in [1.54, 1.807) is 7.11 Å². The van der Waals surface area contributed by atoms with E-state index in [2.05, 4.69) is 14.9 Å². The Balaban J connectivity index is 1.95. The molecule has 1 aromatic rings. The summed E-state index contributed by atoms with van der Waals surface area (Å²) < 4.78 is 5.12. The van der Waals surface area contributed by atoms with Crippen LogP contribution in [-0.4, -0.2) is 29.7 Å². The summed E-state index contributed by atoms with van der Waals surface area (Å²) in [6.07, 6.45) is 5.42. The van der Waals surface area contributed by atoms with Crippen molar-refractivity contribution in [2.24, 2.45) is 5.92 Å². The first-order chi connectivity index (χ1) is 7.79. The van der Waals surface area contributed by atoms with E-state index in [1.807, 2.05) is 0 Å². The molecule has 86 valence electrons. The van der Waals surface area contributed by atoms with Crippen LogP contribution in [0, 0.1) is 5.92 Å². The molecule has 2 N–H and O–H groups in total. The first-order valence-electron chi connectivity index (χ1n) is 5.70. The maximum atomic E-state index is 6.01. The molecular weight excluding hydrogens is 204 g/mol. The Bertz CT molecular complexity index is 409. The minimum atomic E-state index is 0.479. The molecule has 0 amide bonds. The smallest absolute Gasteiger partial charge is 0.242 e. The molecule has 2 heterocycles. The number of nitrogen functional groups attached to an aromatic ring is 1. The fraction of sp³-hybridized carbons (Fsp3) is 0.636. The quantitative estimate of drug-likeness (QED) is 0.807. The molecule has 1 aliphatic carbocycles. The summed E-state index contributed by atoms with van der Waals surface area (Å²) in [7, 11) is 1.58. The van der Waals surface area contributed by atoms with Gasteiger partial charge in [-0.05, 0) is 25.2 Å². The van der Waals surface area contributed by atoms with Gasteiger partial charge in [0.25, 0.3) is 0 Å². The number of rotatable bonds is 2. The summed E-state index contributed by atoms with van der Waals surface area (Å²) in [5.74, 6) is 2.15. The van der Waals surface area contributed by atoms with Gasteiger partial charge in [-0.1, -0.05) is 0 Å². The topological polar surface area (TPSA) is 64.3 Å². The van der Waals surface area contributed by atoms with E-state index in [4.69, 9.17) is 10.5 Å². The summed E-state index contributed by atoms with van der Waals surface area (Å²) in [6, 6.07) is 0.618. The fourth-order valence-corrected chi connectivity index (χ4v) is 2.95. The van der Waals surface area contributed by atoms with E-state index >= 15 is 0 Å². The number of ether oxygens (including phenoxy) is 1. The maximum absolute atomic E-state index is 6.01. The van der Waals surface area contributed by atoms with E-state index in [0.717, 1.165) is 18.3 Å². The summed E-state index contributed by atoms with van der Waals surface area (Å²) in [5, 5.41) is 0. The summed E-state index contributed by atoms with van der Waals surface area (Å²) >= 11 is 0. The third-order valence-corrected chi connectivity index (χ3v) is 3.70.